The van der Waals surface area contributed by atoms with Gasteiger partial charge in [-0.05, 0) is 55.7 Å². The number of anilines is 4. The fraction of sp³-hybridized carbons (Fsp3) is 0.192. The van der Waals surface area contributed by atoms with Crippen LogP contribution in [0.3, 0.4) is 0 Å². The van der Waals surface area contributed by atoms with Crippen LogP contribution in [-0.4, -0.2) is 42.8 Å². The summed E-state index contributed by atoms with van der Waals surface area (Å²) in [5.41, 5.74) is 0.260. The summed E-state index contributed by atoms with van der Waals surface area (Å²) in [6.07, 6.45) is -1.15. The molecule has 0 radical (unpaired) electrons. The average molecular weight is 538 g/mol. The van der Waals surface area contributed by atoms with Crippen LogP contribution in [0.1, 0.15) is 44.8 Å². The van der Waals surface area contributed by atoms with E-state index in [4.69, 9.17) is 0 Å². The van der Waals surface area contributed by atoms with Crippen molar-refractivity contribution in [2.24, 2.45) is 0 Å². The van der Waals surface area contributed by atoms with Gasteiger partial charge >= 0.3 is 12.1 Å². The molecule has 4 N–H and O–H groups in total. The molecular formula is C26H22F3N7O3. The molecule has 1 aliphatic rings. The van der Waals surface area contributed by atoms with Gasteiger partial charge in [-0.1, -0.05) is 12.1 Å². The maximum absolute atomic E-state index is 13.1. The minimum Gasteiger partial charge on any atom is -0.476 e. The van der Waals surface area contributed by atoms with Crippen LogP contribution in [0.4, 0.5) is 36.2 Å². The van der Waals surface area contributed by atoms with Gasteiger partial charge in [-0.15, -0.1) is 0 Å². The number of aryl methyl sites for hydroxylation is 1. The number of aromatic carboxylic acids is 1. The van der Waals surface area contributed by atoms with Crippen molar-refractivity contribution in [1.82, 2.24) is 19.7 Å². The number of carbonyl (C=O) groups is 2. The summed E-state index contributed by atoms with van der Waals surface area (Å²) in [7, 11) is 0. The Morgan fingerprint density at radius 1 is 1.05 bits per heavy atom. The predicted molar refractivity (Wildman–Crippen MR) is 137 cm³/mol. The molecule has 0 atom stereocenters. The van der Waals surface area contributed by atoms with Crippen molar-refractivity contribution in [3.05, 3.63) is 83.3 Å². The van der Waals surface area contributed by atoms with E-state index in [-0.39, 0.29) is 17.1 Å². The smallest absolute Gasteiger partial charge is 0.416 e. The lowest BCUT2D eigenvalue weighted by molar-refractivity contribution is -0.137. The first kappa shape index (κ1) is 25.7. The van der Waals surface area contributed by atoms with E-state index >= 15 is 0 Å². The van der Waals surface area contributed by atoms with E-state index in [1.807, 2.05) is 0 Å². The Morgan fingerprint density at radius 3 is 2.56 bits per heavy atom. The number of benzene rings is 2. The second-order valence-electron chi connectivity index (χ2n) is 9.00. The van der Waals surface area contributed by atoms with Crippen molar-refractivity contribution in [2.45, 2.75) is 32.0 Å². The van der Waals surface area contributed by atoms with Gasteiger partial charge in [0.25, 0.3) is 5.91 Å². The highest BCUT2D eigenvalue weighted by atomic mass is 19.4. The molecule has 0 spiro atoms. The van der Waals surface area contributed by atoms with Crippen LogP contribution >= 0.6 is 0 Å². The second-order valence-corrected chi connectivity index (χ2v) is 9.00. The van der Waals surface area contributed by atoms with Crippen LogP contribution < -0.4 is 16.0 Å². The second kappa shape index (κ2) is 10.1. The zero-order valence-corrected chi connectivity index (χ0v) is 20.5. The third-order valence-corrected chi connectivity index (χ3v) is 5.94. The monoisotopic (exact) mass is 537 g/mol. The molecule has 2 aromatic heterocycles. The number of aromatic nitrogens is 4. The van der Waals surface area contributed by atoms with Gasteiger partial charge in [-0.2, -0.15) is 23.0 Å². The van der Waals surface area contributed by atoms with E-state index in [2.05, 4.69) is 31.0 Å². The summed E-state index contributed by atoms with van der Waals surface area (Å²) in [4.78, 5) is 32.8. The lowest BCUT2D eigenvalue weighted by Crippen LogP contribution is -2.14. The summed E-state index contributed by atoms with van der Waals surface area (Å²) in [6.45, 7) is 1.79. The van der Waals surface area contributed by atoms with Gasteiger partial charge in [0.1, 0.15) is 18.0 Å². The normalized spacial score (nSPS) is 13.1. The van der Waals surface area contributed by atoms with Crippen LogP contribution in [-0.2, 0) is 6.18 Å². The highest BCUT2D eigenvalue weighted by molar-refractivity contribution is 6.04. The lowest BCUT2D eigenvalue weighted by atomic mass is 10.1. The van der Waals surface area contributed by atoms with Crippen molar-refractivity contribution in [1.29, 1.82) is 0 Å². The summed E-state index contributed by atoms with van der Waals surface area (Å²) < 4.78 is 40.5. The minimum absolute atomic E-state index is 0.150. The summed E-state index contributed by atoms with van der Waals surface area (Å²) in [5, 5.41) is 22.7. The van der Waals surface area contributed by atoms with Gasteiger partial charge in [0.15, 0.2) is 11.5 Å². The highest BCUT2D eigenvalue weighted by Crippen LogP contribution is 2.31. The van der Waals surface area contributed by atoms with Crippen LogP contribution in [0.15, 0.2) is 60.9 Å². The number of alkyl halides is 3. The zero-order chi connectivity index (χ0) is 27.7. The largest absolute Gasteiger partial charge is 0.476 e. The van der Waals surface area contributed by atoms with Gasteiger partial charge in [0, 0.05) is 35.1 Å². The number of carboxylic acid groups (broad SMARTS) is 1. The van der Waals surface area contributed by atoms with E-state index in [0.717, 1.165) is 30.5 Å². The molecule has 10 nitrogen and oxygen atoms in total. The maximum atomic E-state index is 13.1. The van der Waals surface area contributed by atoms with Gasteiger partial charge in [-0.3, -0.25) is 4.79 Å². The van der Waals surface area contributed by atoms with E-state index < -0.39 is 23.6 Å². The molecule has 0 saturated heterocycles. The van der Waals surface area contributed by atoms with Crippen LogP contribution in [0.2, 0.25) is 0 Å². The Labute approximate surface area is 219 Å². The molecule has 1 saturated carbocycles. The molecule has 1 amide bonds. The molecule has 4 aromatic rings. The van der Waals surface area contributed by atoms with Gasteiger partial charge in [0.2, 0.25) is 0 Å². The van der Waals surface area contributed by atoms with Crippen LogP contribution in [0.25, 0.3) is 5.82 Å². The van der Waals surface area contributed by atoms with Crippen molar-refractivity contribution in [3.63, 3.8) is 0 Å². The van der Waals surface area contributed by atoms with E-state index in [1.165, 1.54) is 29.2 Å². The average Bonchev–Trinajstić information content (AvgIpc) is 3.61. The molecule has 0 unspecified atom stereocenters. The molecule has 13 heteroatoms. The zero-order valence-electron chi connectivity index (χ0n) is 20.5. The number of halogens is 3. The van der Waals surface area contributed by atoms with Crippen molar-refractivity contribution >= 4 is 34.9 Å². The Hall–Kier alpha value is -4.94. The van der Waals surface area contributed by atoms with Crippen molar-refractivity contribution in [3.8, 4) is 5.82 Å². The van der Waals surface area contributed by atoms with Gasteiger partial charge < -0.3 is 21.1 Å². The topological polar surface area (TPSA) is 134 Å². The van der Waals surface area contributed by atoms with E-state index in [1.54, 1.807) is 31.2 Å². The molecule has 5 rings (SSSR count). The number of carboxylic acids is 1. The van der Waals surface area contributed by atoms with E-state index in [0.29, 0.717) is 29.1 Å². The Kier molecular flexibility index (Phi) is 6.64. The lowest BCUT2D eigenvalue weighted by Gasteiger charge is -2.14. The number of hydrogen-bond donors (Lipinski definition) is 4. The molecule has 0 aliphatic heterocycles. The summed E-state index contributed by atoms with van der Waals surface area (Å²) >= 11 is 0. The van der Waals surface area contributed by atoms with E-state index in [9.17, 15) is 27.9 Å². The molecule has 0 bridgehead atoms. The summed E-state index contributed by atoms with van der Waals surface area (Å²) in [6, 6.07) is 12.3. The third kappa shape index (κ3) is 5.98. The van der Waals surface area contributed by atoms with Crippen molar-refractivity contribution in [2.75, 3.05) is 16.0 Å². The Balaban J connectivity index is 1.41. The quantitative estimate of drug-likeness (QED) is 0.239. The first-order chi connectivity index (χ1) is 18.6. The summed E-state index contributed by atoms with van der Waals surface area (Å²) in [5.74, 6) is -0.758. The number of carbonyl (C=O) groups excluding carboxylic acids is 1. The van der Waals surface area contributed by atoms with Gasteiger partial charge in [0.05, 0.1) is 5.56 Å². The fourth-order valence-corrected chi connectivity index (χ4v) is 3.74. The predicted octanol–water partition coefficient (Wildman–Crippen LogP) is 5.26. The number of hydrogen-bond acceptors (Lipinski definition) is 7. The first-order valence-corrected chi connectivity index (χ1v) is 11.9. The standard InChI is InChI=1S/C26H22F3N7O3/c1-14-5-6-18(33-24(37)15-3-2-4-16(9-15)26(27,28)29)10-19(14)34-23-11-20(25(38)39)35-36(23)22-12-21(30-13-31-22)32-17-7-8-17/h2-6,9-13,17,34H,7-8H2,1H3,(H,33,37)(H,38,39)(H,30,31,32). The number of nitrogens with zero attached hydrogens (tertiary/aromatic N) is 4. The molecule has 2 heterocycles. The third-order valence-electron chi connectivity index (χ3n) is 5.94. The molecule has 39 heavy (non-hydrogen) atoms. The number of amides is 1. The Morgan fingerprint density at radius 2 is 1.85 bits per heavy atom. The highest BCUT2D eigenvalue weighted by Gasteiger charge is 2.31. The van der Waals surface area contributed by atoms with Gasteiger partial charge in [-0.25, -0.2) is 14.8 Å². The number of nitrogens with one attached hydrogen (secondary N) is 3. The molecule has 200 valence electrons. The number of rotatable bonds is 8. The fourth-order valence-electron chi connectivity index (χ4n) is 3.74. The Bertz CT molecular complexity index is 1560. The molecule has 1 aliphatic carbocycles. The first-order valence-electron chi connectivity index (χ1n) is 11.9. The molecule has 2 aromatic carbocycles. The molecule has 1 fully saturated rings. The molecular weight excluding hydrogens is 515 g/mol. The van der Waals surface area contributed by atoms with Crippen LogP contribution in [0.5, 0.6) is 0 Å². The minimum atomic E-state index is -4.58. The SMILES string of the molecule is Cc1ccc(NC(=O)c2cccc(C(F)(F)F)c2)cc1Nc1cc(C(=O)O)nn1-c1cc(NC2CC2)ncn1. The van der Waals surface area contributed by atoms with Crippen LogP contribution in [0, 0.1) is 6.92 Å². The maximum Gasteiger partial charge on any atom is 0.416 e. The van der Waals surface area contributed by atoms with Crippen molar-refractivity contribution < 1.29 is 27.9 Å².